The third kappa shape index (κ3) is 6.94. The fourth-order valence-electron chi connectivity index (χ4n) is 6.74. The Bertz CT molecular complexity index is 2310. The molecule has 0 atom stereocenters. The zero-order chi connectivity index (χ0) is 34.4. The van der Waals surface area contributed by atoms with Crippen LogP contribution in [0.25, 0.3) is 44.4 Å². The van der Waals surface area contributed by atoms with E-state index in [4.69, 9.17) is 14.8 Å². The molecule has 256 valence electrons. The molecule has 0 aliphatic rings. The predicted octanol–water partition coefficient (Wildman–Crippen LogP) is 11.2. The molecule has 6 heteroatoms. The van der Waals surface area contributed by atoms with Crippen LogP contribution in [0.15, 0.2) is 91.1 Å². The van der Waals surface area contributed by atoms with Gasteiger partial charge in [-0.25, -0.2) is 4.98 Å². The molecule has 0 aliphatic carbocycles. The number of nitrogens with zero attached hydrogens (tertiary/aromatic N) is 4. The van der Waals surface area contributed by atoms with E-state index in [0.717, 1.165) is 68.8 Å². The largest absolute Gasteiger partial charge is 2.00 e. The number of pyridine rings is 1. The van der Waals surface area contributed by atoms with Gasteiger partial charge < -0.3 is 9.30 Å². The molecule has 4 aromatic carbocycles. The summed E-state index contributed by atoms with van der Waals surface area (Å²) in [5.74, 6) is 2.76. The van der Waals surface area contributed by atoms with Gasteiger partial charge in [0.2, 0.25) is 0 Å². The van der Waals surface area contributed by atoms with Gasteiger partial charge in [-0.3, -0.25) is 4.68 Å². The summed E-state index contributed by atoms with van der Waals surface area (Å²) in [6.45, 7) is 17.5. The minimum atomic E-state index is -0.00943. The van der Waals surface area contributed by atoms with Crippen molar-refractivity contribution in [3.63, 3.8) is 0 Å². The zero-order valence-electron chi connectivity index (χ0n) is 30.2. The summed E-state index contributed by atoms with van der Waals surface area (Å²) in [5.41, 5.74) is 10.8. The smallest absolute Gasteiger partial charge is 0.509 e. The standard InChI is InChI=1S/C44H44N4O.Pt/c1-28(2)14-15-32-16-19-40-39(24-32)38-18-17-36(27-41(38)47(40)42-25-34(20-21-45-42)44(6,7)8)49-37-23-29(3)22-35(26-37)48-31(5)43(30(4)46-48)33-12-10-9-11-13-33;/h9-13,16-25,28H,14-15H2,1-8H3;/q-2;+2. The van der Waals surface area contributed by atoms with Crippen LogP contribution in [0.2, 0.25) is 0 Å². The Morgan fingerprint density at radius 2 is 1.60 bits per heavy atom. The molecule has 0 N–H and O–H groups in total. The summed E-state index contributed by atoms with van der Waals surface area (Å²) in [4.78, 5) is 4.87. The number of fused-ring (bicyclic) bond motifs is 3. The molecule has 50 heavy (non-hydrogen) atoms. The Hall–Kier alpha value is -4.47. The number of hydrogen-bond acceptors (Lipinski definition) is 3. The van der Waals surface area contributed by atoms with Crippen LogP contribution >= 0.6 is 0 Å². The first kappa shape index (κ1) is 35.4. The van der Waals surface area contributed by atoms with Crippen LogP contribution in [0.1, 0.15) is 69.1 Å². The van der Waals surface area contributed by atoms with Gasteiger partial charge in [-0.1, -0.05) is 89.5 Å². The fraction of sp³-hybridized carbons (Fsp3) is 0.273. The van der Waals surface area contributed by atoms with Gasteiger partial charge in [0.05, 0.1) is 5.69 Å². The summed E-state index contributed by atoms with van der Waals surface area (Å²) >= 11 is 0. The zero-order valence-corrected chi connectivity index (χ0v) is 32.4. The van der Waals surface area contributed by atoms with E-state index in [9.17, 15) is 0 Å². The average molecular weight is 840 g/mol. The molecule has 3 aromatic heterocycles. The van der Waals surface area contributed by atoms with Gasteiger partial charge in [-0.15, -0.1) is 35.7 Å². The van der Waals surface area contributed by atoms with Crippen molar-refractivity contribution >= 4 is 21.8 Å². The molecule has 0 spiro atoms. The van der Waals surface area contributed by atoms with Crippen molar-refractivity contribution in [2.45, 2.75) is 73.6 Å². The summed E-state index contributed by atoms with van der Waals surface area (Å²) in [7, 11) is 0. The minimum absolute atomic E-state index is 0. The number of ether oxygens (including phenoxy) is 1. The number of hydrogen-bond donors (Lipinski definition) is 0. The number of aryl methyl sites for hydroxylation is 3. The van der Waals surface area contributed by atoms with E-state index in [-0.39, 0.29) is 26.5 Å². The summed E-state index contributed by atoms with van der Waals surface area (Å²) in [6.07, 6.45) is 4.12. The fourth-order valence-corrected chi connectivity index (χ4v) is 6.74. The molecule has 0 radical (unpaired) electrons. The van der Waals surface area contributed by atoms with E-state index < -0.39 is 0 Å². The van der Waals surface area contributed by atoms with Crippen molar-refractivity contribution in [3.05, 3.63) is 131 Å². The van der Waals surface area contributed by atoms with Crippen molar-refractivity contribution in [1.82, 2.24) is 19.3 Å². The SMILES string of the molecule is Cc1cc(Oc2[c-]c3c(cc2)c2cc(CCC(C)C)ccc2n3-c2cc(C(C)(C)C)ccn2)[c-]c(-n2nc(C)c(-c3ccccc3)c2C)c1.[Pt+2]. The van der Waals surface area contributed by atoms with Crippen LogP contribution in [0.4, 0.5) is 0 Å². The molecule has 7 aromatic rings. The number of benzene rings is 4. The Morgan fingerprint density at radius 3 is 2.34 bits per heavy atom. The van der Waals surface area contributed by atoms with Crippen molar-refractivity contribution in [2.75, 3.05) is 0 Å². The summed E-state index contributed by atoms with van der Waals surface area (Å²) < 4.78 is 10.8. The van der Waals surface area contributed by atoms with Gasteiger partial charge in [0.1, 0.15) is 5.82 Å². The second kappa shape index (κ2) is 14.0. The van der Waals surface area contributed by atoms with Crippen molar-refractivity contribution in [1.29, 1.82) is 0 Å². The third-order valence-corrected chi connectivity index (χ3v) is 9.34. The van der Waals surface area contributed by atoms with E-state index in [1.807, 2.05) is 29.1 Å². The third-order valence-electron chi connectivity index (χ3n) is 9.34. The molecule has 0 bridgehead atoms. The van der Waals surface area contributed by atoms with Crippen LogP contribution in [0.3, 0.4) is 0 Å². The molecule has 0 saturated carbocycles. The van der Waals surface area contributed by atoms with Crippen LogP contribution in [-0.4, -0.2) is 19.3 Å². The molecule has 0 unspecified atom stereocenters. The molecular weight excluding hydrogens is 796 g/mol. The van der Waals surface area contributed by atoms with Crippen molar-refractivity contribution in [2.24, 2.45) is 5.92 Å². The topological polar surface area (TPSA) is 44.9 Å². The maximum Gasteiger partial charge on any atom is 2.00 e. The van der Waals surface area contributed by atoms with Gasteiger partial charge in [0.15, 0.2) is 0 Å². The quantitative estimate of drug-likeness (QED) is 0.143. The van der Waals surface area contributed by atoms with Crippen molar-refractivity contribution in [3.8, 4) is 34.1 Å². The van der Waals surface area contributed by atoms with Crippen LogP contribution < -0.4 is 4.74 Å². The van der Waals surface area contributed by atoms with E-state index in [1.165, 1.54) is 16.5 Å². The van der Waals surface area contributed by atoms with E-state index in [2.05, 4.69) is 139 Å². The van der Waals surface area contributed by atoms with Gasteiger partial charge in [0, 0.05) is 34.5 Å². The van der Waals surface area contributed by atoms with Gasteiger partial charge in [-0.05, 0) is 84.0 Å². The van der Waals surface area contributed by atoms with Crippen LogP contribution in [-0.2, 0) is 32.9 Å². The maximum atomic E-state index is 6.56. The van der Waals surface area contributed by atoms with Gasteiger partial charge >= 0.3 is 21.1 Å². The molecule has 0 aliphatic heterocycles. The molecular formula is C44H44N4OPt. The maximum absolute atomic E-state index is 6.56. The molecule has 0 fully saturated rings. The molecule has 0 amide bonds. The van der Waals surface area contributed by atoms with Gasteiger partial charge in [-0.2, -0.15) is 16.7 Å². The monoisotopic (exact) mass is 839 g/mol. The Balaban J connectivity index is 0.00000432. The van der Waals surface area contributed by atoms with E-state index >= 15 is 0 Å². The minimum Gasteiger partial charge on any atom is -0.509 e. The first-order valence-corrected chi connectivity index (χ1v) is 17.3. The van der Waals surface area contributed by atoms with Crippen LogP contribution in [0, 0.1) is 38.8 Å². The second-order valence-electron chi connectivity index (χ2n) is 14.7. The first-order chi connectivity index (χ1) is 23.5. The molecule has 7 rings (SSSR count). The normalized spacial score (nSPS) is 11.8. The number of rotatable bonds is 8. The van der Waals surface area contributed by atoms with E-state index in [1.54, 1.807) is 0 Å². The van der Waals surface area contributed by atoms with Crippen LogP contribution in [0.5, 0.6) is 11.5 Å². The predicted molar refractivity (Wildman–Crippen MR) is 201 cm³/mol. The molecule has 0 saturated heterocycles. The second-order valence-corrected chi connectivity index (χ2v) is 14.7. The Morgan fingerprint density at radius 1 is 0.820 bits per heavy atom. The average Bonchev–Trinajstić information content (AvgIpc) is 3.55. The Kier molecular flexibility index (Phi) is 9.93. The number of aromatic nitrogens is 4. The summed E-state index contributed by atoms with van der Waals surface area (Å²) in [6, 6.07) is 37.0. The van der Waals surface area contributed by atoms with E-state index in [0.29, 0.717) is 17.4 Å². The Labute approximate surface area is 310 Å². The van der Waals surface area contributed by atoms with Crippen molar-refractivity contribution < 1.29 is 25.8 Å². The summed E-state index contributed by atoms with van der Waals surface area (Å²) in [5, 5.41) is 7.25. The molecule has 3 heterocycles. The first-order valence-electron chi connectivity index (χ1n) is 17.3. The van der Waals surface area contributed by atoms with Gasteiger partial charge in [0.25, 0.3) is 0 Å². The molecule has 5 nitrogen and oxygen atoms in total.